The van der Waals surface area contributed by atoms with Crippen molar-refractivity contribution in [2.45, 2.75) is 46.6 Å². The van der Waals surface area contributed by atoms with Gasteiger partial charge in [-0.05, 0) is 26.2 Å². The molecule has 1 aromatic rings. The molecule has 0 saturated carbocycles. The summed E-state index contributed by atoms with van der Waals surface area (Å²) in [5, 5.41) is 7.53. The van der Waals surface area contributed by atoms with Gasteiger partial charge in [0.05, 0.1) is 25.3 Å². The van der Waals surface area contributed by atoms with Crippen LogP contribution in [0.4, 0.5) is 0 Å². The van der Waals surface area contributed by atoms with Crippen LogP contribution in [-0.4, -0.2) is 59.5 Å². The molecule has 136 valence electrons. The number of ether oxygens (including phenoxy) is 1. The summed E-state index contributed by atoms with van der Waals surface area (Å²) >= 11 is 0. The van der Waals surface area contributed by atoms with Crippen molar-refractivity contribution in [2.75, 3.05) is 32.8 Å². The molecular formula is C18H32N4O2. The zero-order valence-corrected chi connectivity index (χ0v) is 15.8. The van der Waals surface area contributed by atoms with E-state index in [9.17, 15) is 4.79 Å². The van der Waals surface area contributed by atoms with Crippen LogP contribution in [0.5, 0.6) is 0 Å². The van der Waals surface area contributed by atoms with Gasteiger partial charge in [-0.3, -0.25) is 14.4 Å². The zero-order chi connectivity index (χ0) is 17.7. The molecule has 1 N–H and O–H groups in total. The Kier molecular flexibility index (Phi) is 6.80. The number of carbonyl (C=O) groups excluding carboxylic acids is 1. The van der Waals surface area contributed by atoms with E-state index in [1.807, 2.05) is 25.6 Å². The summed E-state index contributed by atoms with van der Waals surface area (Å²) in [4.78, 5) is 14.9. The third-order valence-electron chi connectivity index (χ3n) is 4.84. The average molecular weight is 336 g/mol. The lowest BCUT2D eigenvalue weighted by molar-refractivity contribution is -0.120. The van der Waals surface area contributed by atoms with Gasteiger partial charge >= 0.3 is 0 Å². The third-order valence-corrected chi connectivity index (χ3v) is 4.84. The molecule has 1 saturated heterocycles. The quantitative estimate of drug-likeness (QED) is 0.819. The Bertz CT molecular complexity index is 547. The molecule has 1 fully saturated rings. The number of aromatic nitrogens is 2. The van der Waals surface area contributed by atoms with Gasteiger partial charge in [0.25, 0.3) is 0 Å². The van der Waals surface area contributed by atoms with Crippen molar-refractivity contribution in [1.82, 2.24) is 20.0 Å². The van der Waals surface area contributed by atoms with Crippen LogP contribution in [-0.2, 0) is 23.0 Å². The van der Waals surface area contributed by atoms with Crippen molar-refractivity contribution < 1.29 is 9.53 Å². The van der Waals surface area contributed by atoms with Crippen LogP contribution >= 0.6 is 0 Å². The molecule has 0 aliphatic carbocycles. The monoisotopic (exact) mass is 336 g/mol. The van der Waals surface area contributed by atoms with Crippen molar-refractivity contribution in [3.8, 4) is 0 Å². The molecule has 6 nitrogen and oxygen atoms in total. The fraction of sp³-hybridized carbons (Fsp3) is 0.778. The van der Waals surface area contributed by atoms with Crippen LogP contribution in [0.3, 0.4) is 0 Å². The molecule has 0 radical (unpaired) electrons. The molecule has 0 bridgehead atoms. The first-order valence-corrected chi connectivity index (χ1v) is 8.96. The molecule has 2 rings (SSSR count). The van der Waals surface area contributed by atoms with E-state index >= 15 is 0 Å². The zero-order valence-electron chi connectivity index (χ0n) is 15.8. The summed E-state index contributed by atoms with van der Waals surface area (Å²) in [7, 11) is 1.92. The second-order valence-electron chi connectivity index (χ2n) is 7.19. The normalized spacial score (nSPS) is 17.2. The van der Waals surface area contributed by atoms with Crippen LogP contribution < -0.4 is 5.32 Å². The molecule has 2 heterocycles. The van der Waals surface area contributed by atoms with Gasteiger partial charge in [0.2, 0.25) is 5.91 Å². The molecule has 1 aromatic heterocycles. The molecule has 1 aliphatic heterocycles. The predicted molar refractivity (Wildman–Crippen MR) is 95.0 cm³/mol. The van der Waals surface area contributed by atoms with Gasteiger partial charge in [0.15, 0.2) is 0 Å². The molecule has 0 aromatic carbocycles. The lowest BCUT2D eigenvalue weighted by atomic mass is 10.0. The first-order chi connectivity index (χ1) is 11.4. The Morgan fingerprint density at radius 3 is 2.50 bits per heavy atom. The topological polar surface area (TPSA) is 59.4 Å². The van der Waals surface area contributed by atoms with Gasteiger partial charge in [0, 0.05) is 44.0 Å². The van der Waals surface area contributed by atoms with Gasteiger partial charge in [-0.25, -0.2) is 0 Å². The maximum atomic E-state index is 12.4. The molecule has 6 heteroatoms. The standard InChI is InChI=1S/C18H32N4O2/c1-13(2)10-16(22-6-8-24-9-7-22)12-19-18(23)11-17-14(3)20-21(5)15(17)4/h13,16H,6-12H2,1-5H3,(H,19,23)/t16-/m0/s1. The number of hydrogen-bond acceptors (Lipinski definition) is 4. The molecule has 1 amide bonds. The van der Waals surface area contributed by atoms with Crippen molar-refractivity contribution in [2.24, 2.45) is 13.0 Å². The highest BCUT2D eigenvalue weighted by Gasteiger charge is 2.23. The van der Waals surface area contributed by atoms with Gasteiger partial charge in [-0.15, -0.1) is 0 Å². The highest BCUT2D eigenvalue weighted by Crippen LogP contribution is 2.14. The first kappa shape index (κ1) is 18.9. The Balaban J connectivity index is 1.91. The van der Waals surface area contributed by atoms with Crippen molar-refractivity contribution in [3.05, 3.63) is 17.0 Å². The number of carbonyl (C=O) groups is 1. The van der Waals surface area contributed by atoms with E-state index in [1.54, 1.807) is 0 Å². The number of aryl methyl sites for hydroxylation is 2. The molecule has 0 unspecified atom stereocenters. The van der Waals surface area contributed by atoms with Crippen molar-refractivity contribution in [1.29, 1.82) is 0 Å². The first-order valence-electron chi connectivity index (χ1n) is 8.96. The second-order valence-corrected chi connectivity index (χ2v) is 7.19. The minimum Gasteiger partial charge on any atom is -0.379 e. The Morgan fingerprint density at radius 2 is 1.96 bits per heavy atom. The van der Waals surface area contributed by atoms with E-state index < -0.39 is 0 Å². The summed E-state index contributed by atoms with van der Waals surface area (Å²) in [5.74, 6) is 0.689. The highest BCUT2D eigenvalue weighted by molar-refractivity contribution is 5.79. The van der Waals surface area contributed by atoms with Crippen LogP contribution in [0.25, 0.3) is 0 Å². The van der Waals surface area contributed by atoms with Crippen LogP contribution in [0, 0.1) is 19.8 Å². The number of rotatable bonds is 7. The number of amides is 1. The van der Waals surface area contributed by atoms with Gasteiger partial charge < -0.3 is 10.1 Å². The average Bonchev–Trinajstić information content (AvgIpc) is 2.78. The lowest BCUT2D eigenvalue weighted by Crippen LogP contribution is -2.49. The van der Waals surface area contributed by atoms with Crippen LogP contribution in [0.2, 0.25) is 0 Å². The second kappa shape index (κ2) is 8.62. The van der Waals surface area contributed by atoms with E-state index in [0.29, 0.717) is 24.9 Å². The minimum atomic E-state index is 0.0798. The van der Waals surface area contributed by atoms with Gasteiger partial charge in [0.1, 0.15) is 0 Å². The van der Waals surface area contributed by atoms with Crippen LogP contribution in [0.1, 0.15) is 37.2 Å². The molecule has 1 aliphatic rings. The largest absolute Gasteiger partial charge is 0.379 e. The highest BCUT2D eigenvalue weighted by atomic mass is 16.5. The van der Waals surface area contributed by atoms with E-state index in [-0.39, 0.29) is 5.91 Å². The molecule has 1 atom stereocenters. The summed E-state index contributed by atoms with van der Waals surface area (Å²) < 4.78 is 7.29. The van der Waals surface area contributed by atoms with E-state index in [4.69, 9.17) is 4.74 Å². The Morgan fingerprint density at radius 1 is 1.29 bits per heavy atom. The number of hydrogen-bond donors (Lipinski definition) is 1. The number of morpholine rings is 1. The summed E-state index contributed by atoms with van der Waals surface area (Å²) in [6.07, 6.45) is 1.49. The third kappa shape index (κ3) is 5.05. The minimum absolute atomic E-state index is 0.0798. The van der Waals surface area contributed by atoms with E-state index in [2.05, 4.69) is 29.2 Å². The molecule has 24 heavy (non-hydrogen) atoms. The van der Waals surface area contributed by atoms with E-state index in [0.717, 1.165) is 49.7 Å². The SMILES string of the molecule is Cc1nn(C)c(C)c1CC(=O)NC[C@H](CC(C)C)N1CCOCC1. The summed E-state index contributed by atoms with van der Waals surface area (Å²) in [6, 6.07) is 0.383. The fourth-order valence-corrected chi connectivity index (χ4v) is 3.38. The van der Waals surface area contributed by atoms with Crippen LogP contribution in [0.15, 0.2) is 0 Å². The molecule has 0 spiro atoms. The van der Waals surface area contributed by atoms with Gasteiger partial charge in [-0.1, -0.05) is 13.8 Å². The number of nitrogens with one attached hydrogen (secondary N) is 1. The predicted octanol–water partition coefficient (Wildman–Crippen LogP) is 1.44. The maximum Gasteiger partial charge on any atom is 0.224 e. The Hall–Kier alpha value is -1.40. The molecular weight excluding hydrogens is 304 g/mol. The fourth-order valence-electron chi connectivity index (χ4n) is 3.38. The lowest BCUT2D eigenvalue weighted by Gasteiger charge is -2.35. The van der Waals surface area contributed by atoms with Crippen molar-refractivity contribution in [3.63, 3.8) is 0 Å². The van der Waals surface area contributed by atoms with E-state index in [1.165, 1.54) is 0 Å². The Labute approximate surface area is 145 Å². The summed E-state index contributed by atoms with van der Waals surface area (Å²) in [5.41, 5.74) is 3.05. The number of nitrogens with zero attached hydrogens (tertiary/aromatic N) is 3. The summed E-state index contributed by atoms with van der Waals surface area (Å²) in [6.45, 7) is 12.6. The van der Waals surface area contributed by atoms with Crippen molar-refractivity contribution >= 4 is 5.91 Å². The maximum absolute atomic E-state index is 12.4. The smallest absolute Gasteiger partial charge is 0.224 e. The van der Waals surface area contributed by atoms with Gasteiger partial charge in [-0.2, -0.15) is 5.10 Å².